The first-order valence-corrected chi connectivity index (χ1v) is 5.54. The Morgan fingerprint density at radius 1 is 1.28 bits per heavy atom. The SMILES string of the molecule is O=C1O[C@H]([C@@H](O)CO)C(O)=C1O.O=P(O)(O)O.[MgH2]. The molecule has 104 valence electrons. The van der Waals surface area contributed by atoms with Gasteiger partial charge in [0.2, 0.25) is 5.76 Å². The molecule has 0 aromatic rings. The molecule has 1 rings (SSSR count). The van der Waals surface area contributed by atoms with Crippen LogP contribution in [0.15, 0.2) is 11.5 Å². The van der Waals surface area contributed by atoms with Crippen molar-refractivity contribution in [2.45, 2.75) is 12.2 Å². The summed E-state index contributed by atoms with van der Waals surface area (Å²) in [5.74, 6) is -2.78. The zero-order valence-electron chi connectivity index (χ0n) is 8.16. The van der Waals surface area contributed by atoms with Crippen LogP contribution in [0, 0.1) is 0 Å². The van der Waals surface area contributed by atoms with Gasteiger partial charge in [0.25, 0.3) is 0 Å². The van der Waals surface area contributed by atoms with E-state index >= 15 is 0 Å². The van der Waals surface area contributed by atoms with Crippen LogP contribution in [-0.2, 0) is 14.1 Å². The number of phosphoric acid groups is 1. The topological polar surface area (TPSA) is 185 Å². The molecule has 2 atom stereocenters. The molecule has 12 heteroatoms. The summed E-state index contributed by atoms with van der Waals surface area (Å²) in [7, 11) is -4.64. The van der Waals surface area contributed by atoms with E-state index in [4.69, 9.17) is 39.7 Å². The molecule has 0 aliphatic carbocycles. The van der Waals surface area contributed by atoms with Gasteiger partial charge < -0.3 is 39.8 Å². The molecule has 0 aromatic heterocycles. The van der Waals surface area contributed by atoms with Gasteiger partial charge in [0.15, 0.2) is 11.9 Å². The fourth-order valence-corrected chi connectivity index (χ4v) is 0.823. The second-order valence-corrected chi connectivity index (χ2v) is 3.85. The van der Waals surface area contributed by atoms with Crippen LogP contribution in [-0.4, -0.2) is 82.9 Å². The molecular formula is C6H13MgO10P. The van der Waals surface area contributed by atoms with Crippen molar-refractivity contribution in [2.75, 3.05) is 6.61 Å². The lowest BCUT2D eigenvalue weighted by Gasteiger charge is -2.13. The summed E-state index contributed by atoms with van der Waals surface area (Å²) in [6.45, 7) is -0.671. The van der Waals surface area contributed by atoms with Crippen LogP contribution >= 0.6 is 7.82 Å². The van der Waals surface area contributed by atoms with Crippen LogP contribution < -0.4 is 0 Å². The molecule has 1 heterocycles. The minimum absolute atomic E-state index is 0. The summed E-state index contributed by atoms with van der Waals surface area (Å²) < 4.78 is 13.2. The number of carbonyl (C=O) groups excluding carboxylic acids is 1. The van der Waals surface area contributed by atoms with Crippen molar-refractivity contribution in [2.24, 2.45) is 0 Å². The third kappa shape index (κ3) is 7.13. The normalized spacial score (nSPS) is 20.5. The molecule has 0 saturated heterocycles. The second kappa shape index (κ2) is 7.91. The number of aliphatic hydroxyl groups excluding tert-OH is 4. The third-order valence-electron chi connectivity index (χ3n) is 1.48. The standard InChI is InChI=1S/C6H8O6.Mg.H3O4P.2H/c7-1-2(8)5-3(9)4(10)6(11)12-5;;1-5(2,3)4;;/h2,5,7-10H,1H2;;(H3,1,2,3,4);;/t2-,5+;;;;/m0..../s1. The number of carbonyl (C=O) groups is 1. The van der Waals surface area contributed by atoms with Crippen molar-refractivity contribution >= 4 is 36.8 Å². The summed E-state index contributed by atoms with van der Waals surface area (Å²) >= 11 is 0. The maximum absolute atomic E-state index is 10.5. The van der Waals surface area contributed by atoms with Crippen molar-refractivity contribution in [3.05, 3.63) is 11.5 Å². The van der Waals surface area contributed by atoms with Gasteiger partial charge in [-0.1, -0.05) is 0 Å². The van der Waals surface area contributed by atoms with Crippen LogP contribution in [0.25, 0.3) is 0 Å². The molecule has 1 aliphatic rings. The molecule has 0 amide bonds. The van der Waals surface area contributed by atoms with Gasteiger partial charge in [-0.3, -0.25) is 0 Å². The van der Waals surface area contributed by atoms with E-state index in [1.807, 2.05) is 0 Å². The fourth-order valence-electron chi connectivity index (χ4n) is 0.823. The van der Waals surface area contributed by atoms with Gasteiger partial charge >= 0.3 is 36.8 Å². The zero-order valence-corrected chi connectivity index (χ0v) is 9.06. The van der Waals surface area contributed by atoms with Gasteiger partial charge in [0.1, 0.15) is 6.10 Å². The molecule has 7 N–H and O–H groups in total. The average molecular weight is 300 g/mol. The molecule has 0 unspecified atom stereocenters. The fraction of sp³-hybridized carbons (Fsp3) is 0.500. The summed E-state index contributed by atoms with van der Waals surface area (Å²) in [4.78, 5) is 32.1. The Hall–Kier alpha value is -0.394. The number of hydrogen-bond donors (Lipinski definition) is 7. The van der Waals surface area contributed by atoms with E-state index in [-0.39, 0.29) is 23.1 Å². The van der Waals surface area contributed by atoms with Gasteiger partial charge in [-0.15, -0.1) is 0 Å². The molecule has 0 spiro atoms. The Labute approximate surface area is 117 Å². The predicted molar refractivity (Wildman–Crippen MR) is 58.1 cm³/mol. The van der Waals surface area contributed by atoms with Gasteiger partial charge in [0.05, 0.1) is 6.61 Å². The van der Waals surface area contributed by atoms with Crippen LogP contribution in [0.2, 0.25) is 0 Å². The Balaban J connectivity index is 0. The van der Waals surface area contributed by atoms with Gasteiger partial charge in [-0.05, 0) is 0 Å². The summed E-state index contributed by atoms with van der Waals surface area (Å²) in [6.07, 6.45) is -2.78. The lowest BCUT2D eigenvalue weighted by atomic mass is 10.2. The number of rotatable bonds is 2. The zero-order chi connectivity index (χ0) is 13.8. The van der Waals surface area contributed by atoms with Gasteiger partial charge in [-0.2, -0.15) is 0 Å². The molecule has 0 aromatic carbocycles. The number of ether oxygens (including phenoxy) is 1. The van der Waals surface area contributed by atoms with Gasteiger partial charge in [-0.25, -0.2) is 9.36 Å². The maximum atomic E-state index is 10.5. The van der Waals surface area contributed by atoms with Crippen LogP contribution in [0.3, 0.4) is 0 Å². The summed E-state index contributed by atoms with van der Waals surface area (Å²) in [5.41, 5.74) is 0. The van der Waals surface area contributed by atoms with Crippen molar-refractivity contribution < 1.29 is 49.2 Å². The molecule has 10 nitrogen and oxygen atoms in total. The molecular weight excluding hydrogens is 287 g/mol. The van der Waals surface area contributed by atoms with E-state index in [2.05, 4.69) is 4.74 Å². The summed E-state index contributed by atoms with van der Waals surface area (Å²) in [6, 6.07) is 0. The second-order valence-electron chi connectivity index (χ2n) is 2.82. The molecule has 0 radical (unpaired) electrons. The predicted octanol–water partition coefficient (Wildman–Crippen LogP) is -3.25. The number of aliphatic hydroxyl groups is 4. The number of esters is 1. The molecule has 18 heavy (non-hydrogen) atoms. The minimum atomic E-state index is -4.64. The van der Waals surface area contributed by atoms with Crippen molar-refractivity contribution in [3.63, 3.8) is 0 Å². The third-order valence-corrected chi connectivity index (χ3v) is 1.48. The summed E-state index contributed by atoms with van der Waals surface area (Å²) in [5, 5.41) is 35.0. The monoisotopic (exact) mass is 300 g/mol. The van der Waals surface area contributed by atoms with E-state index in [1.165, 1.54) is 0 Å². The quantitative estimate of drug-likeness (QED) is 0.155. The first-order chi connectivity index (χ1) is 7.57. The van der Waals surface area contributed by atoms with Crippen molar-refractivity contribution in [1.29, 1.82) is 0 Å². The highest BCUT2D eigenvalue weighted by atomic mass is 31.2. The first kappa shape index (κ1) is 19.9. The lowest BCUT2D eigenvalue weighted by molar-refractivity contribution is -0.147. The Morgan fingerprint density at radius 3 is 1.89 bits per heavy atom. The molecule has 0 bridgehead atoms. The lowest BCUT2D eigenvalue weighted by Crippen LogP contribution is -2.31. The van der Waals surface area contributed by atoms with Crippen LogP contribution in [0.5, 0.6) is 0 Å². The number of cyclic esters (lactones) is 1. The Morgan fingerprint density at radius 2 is 1.67 bits per heavy atom. The maximum Gasteiger partial charge on any atom is 0.466 e. The highest BCUT2D eigenvalue weighted by Gasteiger charge is 2.38. The van der Waals surface area contributed by atoms with Crippen LogP contribution in [0.4, 0.5) is 0 Å². The smallest absolute Gasteiger partial charge is 0.466 e. The highest BCUT2D eigenvalue weighted by Crippen LogP contribution is 2.25. The average Bonchev–Trinajstić information content (AvgIpc) is 2.42. The first-order valence-electron chi connectivity index (χ1n) is 3.98. The van der Waals surface area contributed by atoms with Crippen molar-refractivity contribution in [3.8, 4) is 0 Å². The van der Waals surface area contributed by atoms with Crippen LogP contribution in [0.1, 0.15) is 0 Å². The van der Waals surface area contributed by atoms with Gasteiger partial charge in [0, 0.05) is 0 Å². The highest BCUT2D eigenvalue weighted by molar-refractivity contribution is 7.45. The minimum Gasteiger partial charge on any atom is -0.505 e. The van der Waals surface area contributed by atoms with E-state index in [1.54, 1.807) is 0 Å². The molecule has 0 fully saturated rings. The van der Waals surface area contributed by atoms with E-state index < -0.39 is 44.1 Å². The van der Waals surface area contributed by atoms with E-state index in [0.717, 1.165) is 0 Å². The molecule has 0 saturated carbocycles. The largest absolute Gasteiger partial charge is 0.505 e. The number of hydrogen-bond acceptors (Lipinski definition) is 7. The van der Waals surface area contributed by atoms with Crippen molar-refractivity contribution in [1.82, 2.24) is 0 Å². The van der Waals surface area contributed by atoms with E-state index in [0.29, 0.717) is 0 Å². The molecule has 1 aliphatic heterocycles. The Bertz CT molecular complexity index is 353. The van der Waals surface area contributed by atoms with E-state index in [9.17, 15) is 4.79 Å². The Kier molecular flexibility index (Phi) is 8.76.